The van der Waals surface area contributed by atoms with Crippen LogP contribution in [0.15, 0.2) is 49.1 Å². The first-order chi connectivity index (χ1) is 17.7. The van der Waals surface area contributed by atoms with Gasteiger partial charge in [-0.3, -0.25) is 0 Å². The van der Waals surface area contributed by atoms with Gasteiger partial charge >= 0.3 is 0 Å². The number of rotatable bonds is 6. The number of fused-ring (bicyclic) bond motifs is 2. The third-order valence-electron chi connectivity index (χ3n) is 6.98. The molecule has 5 heterocycles. The van der Waals surface area contributed by atoms with Gasteiger partial charge in [0.25, 0.3) is 0 Å². The first-order valence-corrected chi connectivity index (χ1v) is 12.5. The lowest BCUT2D eigenvalue weighted by atomic mass is 9.98. The summed E-state index contributed by atoms with van der Waals surface area (Å²) in [6, 6.07) is 8.21. The molecular formula is C27H30N6O3. The highest BCUT2D eigenvalue weighted by molar-refractivity contribution is 5.76. The van der Waals surface area contributed by atoms with Gasteiger partial charge in [0, 0.05) is 67.4 Å². The lowest BCUT2D eigenvalue weighted by Crippen LogP contribution is -2.36. The Kier molecular flexibility index (Phi) is 6.06. The van der Waals surface area contributed by atoms with E-state index in [4.69, 9.17) is 14.5 Å². The molecule has 1 unspecified atom stereocenters. The normalized spacial score (nSPS) is 17.5. The molecular weight excluding hydrogens is 456 g/mol. The second-order valence-electron chi connectivity index (χ2n) is 9.42. The Morgan fingerprint density at radius 3 is 3.06 bits per heavy atom. The Morgan fingerprint density at radius 1 is 1.22 bits per heavy atom. The fourth-order valence-electron chi connectivity index (χ4n) is 5.12. The molecule has 9 heteroatoms. The molecule has 9 nitrogen and oxygen atoms in total. The third kappa shape index (κ3) is 4.30. The van der Waals surface area contributed by atoms with E-state index in [1.807, 2.05) is 35.1 Å². The molecule has 3 aromatic heterocycles. The minimum Gasteiger partial charge on any atom is -0.495 e. The number of methoxy groups -OCH3 is 1. The second-order valence-corrected chi connectivity index (χ2v) is 9.42. The molecule has 186 valence electrons. The number of anilines is 3. The SMILES string of the molecule is COc1cc(Nc2nc(-c3cnc4c(c3)CCCO4)cn3ccnc23)ccc1N1CCCC(CO)C1. The van der Waals surface area contributed by atoms with Gasteiger partial charge in [-0.2, -0.15) is 0 Å². The molecule has 2 aliphatic rings. The van der Waals surface area contributed by atoms with Crippen LogP contribution in [0.1, 0.15) is 24.8 Å². The van der Waals surface area contributed by atoms with Crippen LogP contribution in [0.4, 0.5) is 17.2 Å². The number of nitrogens with zero attached hydrogens (tertiary/aromatic N) is 5. The smallest absolute Gasteiger partial charge is 0.216 e. The maximum absolute atomic E-state index is 9.63. The number of aliphatic hydroxyl groups excluding tert-OH is 1. The zero-order valence-corrected chi connectivity index (χ0v) is 20.4. The van der Waals surface area contributed by atoms with E-state index in [1.54, 1.807) is 13.3 Å². The summed E-state index contributed by atoms with van der Waals surface area (Å²) >= 11 is 0. The molecule has 0 bridgehead atoms. The van der Waals surface area contributed by atoms with Crippen molar-refractivity contribution < 1.29 is 14.6 Å². The molecule has 0 aliphatic carbocycles. The van der Waals surface area contributed by atoms with Crippen molar-refractivity contribution in [2.45, 2.75) is 25.7 Å². The van der Waals surface area contributed by atoms with E-state index in [-0.39, 0.29) is 6.61 Å². The summed E-state index contributed by atoms with van der Waals surface area (Å²) in [7, 11) is 1.69. The van der Waals surface area contributed by atoms with Crippen LogP contribution in [0.25, 0.3) is 16.9 Å². The number of piperidine rings is 1. The highest BCUT2D eigenvalue weighted by Crippen LogP contribution is 2.35. The van der Waals surface area contributed by atoms with Crippen LogP contribution in [-0.2, 0) is 6.42 Å². The van der Waals surface area contributed by atoms with Gasteiger partial charge < -0.3 is 29.2 Å². The van der Waals surface area contributed by atoms with E-state index in [2.05, 4.69) is 32.3 Å². The topological polar surface area (TPSA) is 97.0 Å². The number of hydrogen-bond acceptors (Lipinski definition) is 8. The Bertz CT molecular complexity index is 1390. The summed E-state index contributed by atoms with van der Waals surface area (Å²) < 4.78 is 13.4. The standard InChI is InChI=1S/C27H30N6O3/c1-35-24-13-21(6-7-23(24)32-9-2-4-18(15-32)17-34)30-25-26-28-8-10-33(26)16-22(31-25)20-12-19-5-3-11-36-27(19)29-14-20/h6-8,10,12-14,16,18,34H,2-5,9,11,15,17H2,1H3,(H,30,31). The molecule has 1 aromatic carbocycles. The van der Waals surface area contributed by atoms with Gasteiger partial charge in [0.05, 0.1) is 25.1 Å². The molecule has 4 aromatic rings. The Hall–Kier alpha value is -3.85. The predicted molar refractivity (Wildman–Crippen MR) is 138 cm³/mol. The monoisotopic (exact) mass is 486 g/mol. The molecule has 0 saturated carbocycles. The largest absolute Gasteiger partial charge is 0.495 e. The van der Waals surface area contributed by atoms with Crippen LogP contribution in [0.5, 0.6) is 11.6 Å². The number of aromatic nitrogens is 4. The minimum atomic E-state index is 0.216. The van der Waals surface area contributed by atoms with Crippen molar-refractivity contribution in [2.75, 3.05) is 43.6 Å². The average molecular weight is 487 g/mol. The number of benzene rings is 1. The molecule has 36 heavy (non-hydrogen) atoms. The van der Waals surface area contributed by atoms with E-state index in [0.29, 0.717) is 18.3 Å². The zero-order chi connectivity index (χ0) is 24.5. The van der Waals surface area contributed by atoms with E-state index < -0.39 is 0 Å². The summed E-state index contributed by atoms with van der Waals surface area (Å²) in [4.78, 5) is 16.3. The fraction of sp³-hybridized carbons (Fsp3) is 0.370. The Labute approximate surface area is 209 Å². The first-order valence-electron chi connectivity index (χ1n) is 12.5. The molecule has 1 atom stereocenters. The summed E-state index contributed by atoms with van der Waals surface area (Å²) in [5.74, 6) is 2.46. The fourth-order valence-corrected chi connectivity index (χ4v) is 5.12. The number of imidazole rings is 1. The minimum absolute atomic E-state index is 0.216. The maximum Gasteiger partial charge on any atom is 0.216 e. The van der Waals surface area contributed by atoms with Gasteiger partial charge in [-0.25, -0.2) is 15.0 Å². The summed E-state index contributed by atoms with van der Waals surface area (Å²) in [6.45, 7) is 2.72. The molecule has 6 rings (SSSR count). The molecule has 0 amide bonds. The summed E-state index contributed by atoms with van der Waals surface area (Å²) in [5.41, 5.74) is 5.49. The van der Waals surface area contributed by atoms with Crippen LogP contribution in [0.2, 0.25) is 0 Å². The number of pyridine rings is 1. The van der Waals surface area contributed by atoms with Crippen molar-refractivity contribution in [1.29, 1.82) is 0 Å². The second kappa shape index (κ2) is 9.66. The van der Waals surface area contributed by atoms with Crippen molar-refractivity contribution >= 4 is 22.8 Å². The molecule has 2 aliphatic heterocycles. The van der Waals surface area contributed by atoms with Gasteiger partial charge in [0.2, 0.25) is 5.88 Å². The van der Waals surface area contributed by atoms with Crippen molar-refractivity contribution in [1.82, 2.24) is 19.4 Å². The summed E-state index contributed by atoms with van der Waals surface area (Å²) in [5, 5.41) is 13.1. The molecule has 1 fully saturated rings. The Balaban J connectivity index is 1.32. The number of aliphatic hydroxyl groups is 1. The van der Waals surface area contributed by atoms with Gasteiger partial charge in [-0.05, 0) is 49.8 Å². The van der Waals surface area contributed by atoms with Gasteiger partial charge in [-0.15, -0.1) is 0 Å². The van der Waals surface area contributed by atoms with Crippen molar-refractivity contribution in [3.05, 3.63) is 54.6 Å². The number of nitrogens with one attached hydrogen (secondary N) is 1. The van der Waals surface area contributed by atoms with Crippen LogP contribution in [0, 0.1) is 5.92 Å². The molecule has 0 radical (unpaired) electrons. The quantitative estimate of drug-likeness (QED) is 0.421. The zero-order valence-electron chi connectivity index (χ0n) is 20.4. The van der Waals surface area contributed by atoms with Gasteiger partial charge in [-0.1, -0.05) is 0 Å². The number of aryl methyl sites for hydroxylation is 1. The van der Waals surface area contributed by atoms with Crippen molar-refractivity contribution in [3.8, 4) is 22.9 Å². The van der Waals surface area contributed by atoms with E-state index in [9.17, 15) is 5.11 Å². The van der Waals surface area contributed by atoms with Crippen molar-refractivity contribution in [3.63, 3.8) is 0 Å². The highest BCUT2D eigenvalue weighted by Gasteiger charge is 2.22. The highest BCUT2D eigenvalue weighted by atomic mass is 16.5. The molecule has 1 saturated heterocycles. The third-order valence-corrected chi connectivity index (χ3v) is 6.98. The number of ether oxygens (including phenoxy) is 2. The lowest BCUT2D eigenvalue weighted by molar-refractivity contribution is 0.208. The first kappa shape index (κ1) is 22.6. The van der Waals surface area contributed by atoms with E-state index in [0.717, 1.165) is 84.2 Å². The van der Waals surface area contributed by atoms with Crippen LogP contribution in [0.3, 0.4) is 0 Å². The van der Waals surface area contributed by atoms with E-state index >= 15 is 0 Å². The number of hydrogen-bond donors (Lipinski definition) is 2. The van der Waals surface area contributed by atoms with E-state index in [1.165, 1.54) is 0 Å². The van der Waals surface area contributed by atoms with Crippen LogP contribution >= 0.6 is 0 Å². The van der Waals surface area contributed by atoms with Gasteiger partial charge in [0.15, 0.2) is 11.5 Å². The van der Waals surface area contributed by atoms with Crippen molar-refractivity contribution in [2.24, 2.45) is 5.92 Å². The van der Waals surface area contributed by atoms with Gasteiger partial charge in [0.1, 0.15) is 5.75 Å². The Morgan fingerprint density at radius 2 is 2.17 bits per heavy atom. The summed E-state index contributed by atoms with van der Waals surface area (Å²) in [6.07, 6.45) is 11.5. The molecule has 2 N–H and O–H groups in total. The maximum atomic E-state index is 9.63. The average Bonchev–Trinajstić information content (AvgIpc) is 3.42. The predicted octanol–water partition coefficient (Wildman–Crippen LogP) is 4.08. The lowest BCUT2D eigenvalue weighted by Gasteiger charge is -2.34. The molecule has 0 spiro atoms. The van der Waals surface area contributed by atoms with Crippen LogP contribution < -0.4 is 19.7 Å². The van der Waals surface area contributed by atoms with Crippen LogP contribution in [-0.4, -0.2) is 57.9 Å².